The van der Waals surface area contributed by atoms with Crippen LogP contribution in [0.25, 0.3) is 0 Å². The second-order valence-electron chi connectivity index (χ2n) is 7.33. The summed E-state index contributed by atoms with van der Waals surface area (Å²) in [4.78, 5) is 40.8. The fourth-order valence-corrected chi connectivity index (χ4v) is 3.88. The quantitative estimate of drug-likeness (QED) is 0.783. The molecule has 0 spiro atoms. The van der Waals surface area contributed by atoms with Crippen molar-refractivity contribution in [2.24, 2.45) is 20.0 Å². The van der Waals surface area contributed by atoms with Gasteiger partial charge in [-0.1, -0.05) is 17.7 Å². The number of hydrogen-bond donors (Lipinski definition) is 0. The van der Waals surface area contributed by atoms with E-state index in [1.807, 2.05) is 24.0 Å². The van der Waals surface area contributed by atoms with Crippen molar-refractivity contribution < 1.29 is 4.79 Å². The van der Waals surface area contributed by atoms with E-state index in [1.54, 1.807) is 25.1 Å². The Morgan fingerprint density at radius 2 is 1.75 bits per heavy atom. The standard InChI is InChI=1S/C20H25ClN4O3/c1-13-5-6-15(21)11-16(13)22(2)19(27)14-7-9-25(10-8-14)17-12-18(26)24(4)20(28)23(17)3/h5-6,11-12,14H,7-10H2,1-4H3. The number of aromatic nitrogens is 2. The molecule has 150 valence electrons. The summed E-state index contributed by atoms with van der Waals surface area (Å²) in [5.41, 5.74) is 1.13. The number of benzene rings is 1. The molecule has 0 N–H and O–H groups in total. The van der Waals surface area contributed by atoms with Gasteiger partial charge in [0.15, 0.2) is 0 Å². The summed E-state index contributed by atoms with van der Waals surface area (Å²) in [5, 5.41) is 0.599. The molecule has 0 bridgehead atoms. The first-order valence-electron chi connectivity index (χ1n) is 9.26. The third-order valence-corrected chi connectivity index (χ3v) is 5.77. The number of hydrogen-bond acceptors (Lipinski definition) is 4. The Hall–Kier alpha value is -2.54. The highest BCUT2D eigenvalue weighted by Crippen LogP contribution is 2.28. The Bertz CT molecular complexity index is 1020. The van der Waals surface area contributed by atoms with Crippen molar-refractivity contribution in [2.75, 3.05) is 29.9 Å². The smallest absolute Gasteiger partial charge is 0.332 e. The molecule has 1 aliphatic heterocycles. The number of halogens is 1. The van der Waals surface area contributed by atoms with Gasteiger partial charge in [0.2, 0.25) is 5.91 Å². The Morgan fingerprint density at radius 1 is 1.11 bits per heavy atom. The van der Waals surface area contributed by atoms with Gasteiger partial charge in [0.1, 0.15) is 5.82 Å². The average Bonchev–Trinajstić information content (AvgIpc) is 2.70. The predicted molar refractivity (Wildman–Crippen MR) is 111 cm³/mol. The van der Waals surface area contributed by atoms with Crippen molar-refractivity contribution in [3.05, 3.63) is 55.7 Å². The number of carbonyl (C=O) groups is 1. The van der Waals surface area contributed by atoms with Gasteiger partial charge in [-0.3, -0.25) is 18.7 Å². The highest BCUT2D eigenvalue weighted by molar-refractivity contribution is 6.31. The van der Waals surface area contributed by atoms with Crippen LogP contribution in [0.5, 0.6) is 0 Å². The first-order valence-corrected chi connectivity index (χ1v) is 9.64. The summed E-state index contributed by atoms with van der Waals surface area (Å²) in [6.07, 6.45) is 1.32. The molecule has 1 aromatic heterocycles. The molecular formula is C20H25ClN4O3. The van der Waals surface area contributed by atoms with Gasteiger partial charge in [-0.2, -0.15) is 0 Å². The Balaban J connectivity index is 1.74. The molecule has 1 amide bonds. The van der Waals surface area contributed by atoms with E-state index in [2.05, 4.69) is 0 Å². The maximum atomic E-state index is 13.0. The lowest BCUT2D eigenvalue weighted by atomic mass is 9.95. The fourth-order valence-electron chi connectivity index (χ4n) is 3.72. The Labute approximate surface area is 168 Å². The topological polar surface area (TPSA) is 67.6 Å². The van der Waals surface area contributed by atoms with E-state index in [0.29, 0.717) is 36.8 Å². The maximum Gasteiger partial charge on any atom is 0.332 e. The van der Waals surface area contributed by atoms with Crippen LogP contribution in [0.4, 0.5) is 11.5 Å². The zero-order valence-corrected chi connectivity index (χ0v) is 17.4. The number of rotatable bonds is 3. The molecule has 2 heterocycles. The Morgan fingerprint density at radius 3 is 2.39 bits per heavy atom. The van der Waals surface area contributed by atoms with E-state index in [4.69, 9.17) is 11.6 Å². The van der Waals surface area contributed by atoms with Crippen LogP contribution >= 0.6 is 11.6 Å². The molecule has 7 nitrogen and oxygen atoms in total. The molecule has 0 aliphatic carbocycles. The van der Waals surface area contributed by atoms with Crippen molar-refractivity contribution >= 4 is 29.0 Å². The summed E-state index contributed by atoms with van der Waals surface area (Å²) >= 11 is 6.09. The number of nitrogens with zero attached hydrogens (tertiary/aromatic N) is 4. The minimum atomic E-state index is -0.350. The SMILES string of the molecule is Cc1ccc(Cl)cc1N(C)C(=O)C1CCN(c2cc(=O)n(C)c(=O)n2C)CC1. The van der Waals surface area contributed by atoms with Gasteiger partial charge in [-0.15, -0.1) is 0 Å². The van der Waals surface area contributed by atoms with Gasteiger partial charge >= 0.3 is 5.69 Å². The largest absolute Gasteiger partial charge is 0.358 e. The molecule has 1 aromatic carbocycles. The third-order valence-electron chi connectivity index (χ3n) is 5.53. The monoisotopic (exact) mass is 404 g/mol. The van der Waals surface area contributed by atoms with E-state index < -0.39 is 0 Å². The molecule has 0 radical (unpaired) electrons. The van der Waals surface area contributed by atoms with Gasteiger partial charge in [0.05, 0.1) is 0 Å². The normalized spacial score (nSPS) is 15.0. The van der Waals surface area contributed by atoms with Crippen LogP contribution in [0.2, 0.25) is 5.02 Å². The van der Waals surface area contributed by atoms with Crippen LogP contribution < -0.4 is 21.0 Å². The molecule has 1 aliphatic rings. The van der Waals surface area contributed by atoms with Gasteiger partial charge in [0.25, 0.3) is 5.56 Å². The molecule has 0 atom stereocenters. The highest BCUT2D eigenvalue weighted by atomic mass is 35.5. The van der Waals surface area contributed by atoms with Crippen molar-refractivity contribution in [3.63, 3.8) is 0 Å². The lowest BCUT2D eigenvalue weighted by Crippen LogP contribution is -2.45. The summed E-state index contributed by atoms with van der Waals surface area (Å²) in [6, 6.07) is 7.00. The molecule has 1 fully saturated rings. The van der Waals surface area contributed by atoms with E-state index in [-0.39, 0.29) is 23.1 Å². The minimum Gasteiger partial charge on any atom is -0.358 e. The van der Waals surface area contributed by atoms with Crippen molar-refractivity contribution in [1.82, 2.24) is 9.13 Å². The molecule has 8 heteroatoms. The molecule has 2 aromatic rings. The predicted octanol–water partition coefficient (Wildman–Crippen LogP) is 1.93. The molecule has 0 saturated carbocycles. The first kappa shape index (κ1) is 20.2. The number of aryl methyl sites for hydroxylation is 1. The number of anilines is 2. The van der Waals surface area contributed by atoms with E-state index >= 15 is 0 Å². The minimum absolute atomic E-state index is 0.0582. The zero-order chi connectivity index (χ0) is 20.6. The molecule has 0 unspecified atom stereocenters. The van der Waals surface area contributed by atoms with E-state index in [9.17, 15) is 14.4 Å². The van der Waals surface area contributed by atoms with Gasteiger partial charge in [-0.05, 0) is 37.5 Å². The van der Waals surface area contributed by atoms with Crippen LogP contribution in [-0.4, -0.2) is 35.2 Å². The van der Waals surface area contributed by atoms with Crippen LogP contribution in [0.15, 0.2) is 33.9 Å². The lowest BCUT2D eigenvalue weighted by Gasteiger charge is -2.35. The van der Waals surface area contributed by atoms with Crippen LogP contribution in [0.3, 0.4) is 0 Å². The summed E-state index contributed by atoms with van der Waals surface area (Å²) in [5.74, 6) is 0.545. The number of carbonyl (C=O) groups excluding carboxylic acids is 1. The summed E-state index contributed by atoms with van der Waals surface area (Å²) < 4.78 is 2.56. The molecule has 1 saturated heterocycles. The number of piperidine rings is 1. The summed E-state index contributed by atoms with van der Waals surface area (Å²) in [6.45, 7) is 3.17. The van der Waals surface area contributed by atoms with Crippen LogP contribution in [0.1, 0.15) is 18.4 Å². The second kappa shape index (κ2) is 7.83. The first-order chi connectivity index (χ1) is 13.2. The van der Waals surface area contributed by atoms with Gasteiger partial charge in [0, 0.05) is 56.9 Å². The van der Waals surface area contributed by atoms with Gasteiger partial charge in [-0.25, -0.2) is 4.79 Å². The average molecular weight is 405 g/mol. The molecule has 28 heavy (non-hydrogen) atoms. The summed E-state index contributed by atoms with van der Waals surface area (Å²) in [7, 11) is 4.90. The van der Waals surface area contributed by atoms with Crippen molar-refractivity contribution in [2.45, 2.75) is 19.8 Å². The lowest BCUT2D eigenvalue weighted by molar-refractivity contribution is -0.122. The molecular weight excluding hydrogens is 380 g/mol. The Kier molecular flexibility index (Phi) is 5.65. The molecule has 3 rings (SSSR count). The van der Waals surface area contributed by atoms with Gasteiger partial charge < -0.3 is 9.80 Å². The maximum absolute atomic E-state index is 13.0. The van der Waals surface area contributed by atoms with Crippen molar-refractivity contribution in [3.8, 4) is 0 Å². The number of amides is 1. The van der Waals surface area contributed by atoms with E-state index in [1.165, 1.54) is 17.7 Å². The second-order valence-corrected chi connectivity index (χ2v) is 7.77. The fraction of sp³-hybridized carbons (Fsp3) is 0.450. The van der Waals surface area contributed by atoms with Crippen LogP contribution in [-0.2, 0) is 18.9 Å². The highest BCUT2D eigenvalue weighted by Gasteiger charge is 2.29. The van der Waals surface area contributed by atoms with Crippen molar-refractivity contribution in [1.29, 1.82) is 0 Å². The third kappa shape index (κ3) is 3.71. The van der Waals surface area contributed by atoms with Crippen LogP contribution in [0, 0.1) is 12.8 Å². The van der Waals surface area contributed by atoms with E-state index in [0.717, 1.165) is 15.8 Å². The zero-order valence-electron chi connectivity index (χ0n) is 16.6.